The van der Waals surface area contributed by atoms with Crippen molar-refractivity contribution in [1.82, 2.24) is 15.5 Å². The molecule has 6 nitrogen and oxygen atoms in total. The van der Waals surface area contributed by atoms with Gasteiger partial charge in [-0.25, -0.2) is 0 Å². The van der Waals surface area contributed by atoms with Crippen molar-refractivity contribution in [3.63, 3.8) is 0 Å². The number of amides is 1. The summed E-state index contributed by atoms with van der Waals surface area (Å²) >= 11 is 0. The van der Waals surface area contributed by atoms with Crippen LogP contribution in [0.2, 0.25) is 0 Å². The number of aliphatic imine (C=N–C) groups is 1. The molecule has 3 rings (SSSR count). The lowest BCUT2D eigenvalue weighted by Crippen LogP contribution is -2.39. The average molecular weight is 550 g/mol. The van der Waals surface area contributed by atoms with Gasteiger partial charge in [-0.05, 0) is 36.5 Å². The first kappa shape index (κ1) is 26.1. The number of guanidine groups is 1. The monoisotopic (exact) mass is 550 g/mol. The van der Waals surface area contributed by atoms with Gasteiger partial charge in [-0.3, -0.25) is 9.79 Å². The van der Waals surface area contributed by atoms with Crippen molar-refractivity contribution in [3.05, 3.63) is 71.3 Å². The van der Waals surface area contributed by atoms with Gasteiger partial charge in [0.15, 0.2) is 5.96 Å². The van der Waals surface area contributed by atoms with Gasteiger partial charge < -0.3 is 20.6 Å². The van der Waals surface area contributed by atoms with Crippen LogP contribution in [0.3, 0.4) is 0 Å². The molecule has 0 saturated carbocycles. The summed E-state index contributed by atoms with van der Waals surface area (Å²) in [5, 5.41) is 16.3. The fraction of sp³-hybridized carbons (Fsp3) is 0.440. The summed E-state index contributed by atoms with van der Waals surface area (Å²) in [6, 6.07) is 18.3. The number of carbonyl (C=O) groups excluding carboxylic acids is 1. The molecule has 0 aliphatic carbocycles. The Hall–Kier alpha value is -2.13. The van der Waals surface area contributed by atoms with E-state index in [0.29, 0.717) is 26.1 Å². The number of halogens is 1. The zero-order valence-electron chi connectivity index (χ0n) is 18.8. The Balaban J connectivity index is 0.00000363. The largest absolute Gasteiger partial charge is 0.396 e. The molecule has 174 valence electrons. The maximum atomic E-state index is 12.6. The van der Waals surface area contributed by atoms with E-state index in [1.807, 2.05) is 48.2 Å². The molecule has 0 radical (unpaired) electrons. The first-order chi connectivity index (χ1) is 15.2. The van der Waals surface area contributed by atoms with Crippen molar-refractivity contribution in [1.29, 1.82) is 0 Å². The summed E-state index contributed by atoms with van der Waals surface area (Å²) in [6.45, 7) is 5.53. The molecule has 1 amide bonds. The fourth-order valence-electron chi connectivity index (χ4n) is 3.85. The summed E-state index contributed by atoms with van der Waals surface area (Å²) < 4.78 is 0. The first-order valence-corrected chi connectivity index (χ1v) is 11.2. The van der Waals surface area contributed by atoms with Gasteiger partial charge in [-0.2, -0.15) is 0 Å². The predicted molar refractivity (Wildman–Crippen MR) is 140 cm³/mol. The Kier molecular flexibility index (Phi) is 11.5. The van der Waals surface area contributed by atoms with Crippen molar-refractivity contribution in [2.24, 2.45) is 4.99 Å². The Bertz CT molecular complexity index is 860. The summed E-state index contributed by atoms with van der Waals surface area (Å²) in [5.74, 6) is 0.902. The molecule has 32 heavy (non-hydrogen) atoms. The van der Waals surface area contributed by atoms with Gasteiger partial charge in [0.05, 0.1) is 13.2 Å². The van der Waals surface area contributed by atoms with E-state index in [4.69, 9.17) is 0 Å². The number of rotatable bonds is 9. The third-order valence-corrected chi connectivity index (χ3v) is 5.65. The number of hydrogen-bond donors (Lipinski definition) is 3. The van der Waals surface area contributed by atoms with Crippen molar-refractivity contribution in [2.45, 2.75) is 38.6 Å². The van der Waals surface area contributed by atoms with E-state index in [2.05, 4.69) is 33.8 Å². The number of benzene rings is 2. The molecule has 0 saturated heterocycles. The van der Waals surface area contributed by atoms with E-state index in [-0.39, 0.29) is 42.4 Å². The predicted octanol–water partition coefficient (Wildman–Crippen LogP) is 3.30. The molecular formula is C25H35IN4O2. The normalized spacial score (nSPS) is 14.2. The number of nitrogens with zero attached hydrogens (tertiary/aromatic N) is 2. The molecule has 1 heterocycles. The van der Waals surface area contributed by atoms with Crippen LogP contribution in [0, 0.1) is 0 Å². The average Bonchev–Trinajstić information content (AvgIpc) is 2.82. The molecule has 1 aliphatic rings. The van der Waals surface area contributed by atoms with Crippen LogP contribution in [0.1, 0.15) is 42.4 Å². The minimum atomic E-state index is -0.0276. The third-order valence-electron chi connectivity index (χ3n) is 5.65. The van der Waals surface area contributed by atoms with Gasteiger partial charge in [-0.15, -0.1) is 24.0 Å². The van der Waals surface area contributed by atoms with Crippen LogP contribution in [0.5, 0.6) is 0 Å². The van der Waals surface area contributed by atoms with Crippen LogP contribution < -0.4 is 10.6 Å². The third kappa shape index (κ3) is 7.78. The second-order valence-corrected chi connectivity index (χ2v) is 7.87. The van der Waals surface area contributed by atoms with Crippen LogP contribution >= 0.6 is 24.0 Å². The number of fused-ring (bicyclic) bond motifs is 1. The zero-order valence-corrected chi connectivity index (χ0v) is 21.1. The van der Waals surface area contributed by atoms with Gasteiger partial charge in [0, 0.05) is 38.5 Å². The highest BCUT2D eigenvalue weighted by Gasteiger charge is 2.19. The number of hydrogen-bond acceptors (Lipinski definition) is 3. The molecular weight excluding hydrogens is 515 g/mol. The first-order valence-electron chi connectivity index (χ1n) is 11.2. The maximum Gasteiger partial charge on any atom is 0.222 e. The van der Waals surface area contributed by atoms with Gasteiger partial charge in [0.25, 0.3) is 0 Å². The lowest BCUT2D eigenvalue weighted by atomic mass is 9.99. The van der Waals surface area contributed by atoms with E-state index in [1.54, 1.807) is 0 Å². The number of nitrogens with one attached hydrogen (secondary N) is 2. The number of carbonyl (C=O) groups is 1. The highest BCUT2D eigenvalue weighted by molar-refractivity contribution is 14.0. The second-order valence-electron chi connectivity index (χ2n) is 7.87. The van der Waals surface area contributed by atoms with Crippen LogP contribution in [0.25, 0.3) is 0 Å². The Morgan fingerprint density at radius 2 is 1.81 bits per heavy atom. The molecule has 7 heteroatoms. The van der Waals surface area contributed by atoms with Crippen LogP contribution in [-0.2, 0) is 17.8 Å². The molecule has 2 aromatic carbocycles. The van der Waals surface area contributed by atoms with E-state index in [9.17, 15) is 9.90 Å². The van der Waals surface area contributed by atoms with Gasteiger partial charge in [0.1, 0.15) is 0 Å². The van der Waals surface area contributed by atoms with Crippen LogP contribution in [0.4, 0.5) is 0 Å². The maximum absolute atomic E-state index is 12.6. The molecule has 3 N–H and O–H groups in total. The summed E-state index contributed by atoms with van der Waals surface area (Å²) in [4.78, 5) is 19.2. The molecule has 1 aliphatic heterocycles. The molecule has 1 atom stereocenters. The van der Waals surface area contributed by atoms with Crippen LogP contribution in [-0.4, -0.2) is 54.7 Å². The smallest absolute Gasteiger partial charge is 0.222 e. The molecule has 0 spiro atoms. The van der Waals surface area contributed by atoms with Gasteiger partial charge >= 0.3 is 0 Å². The lowest BCUT2D eigenvalue weighted by molar-refractivity contribution is -0.132. The summed E-state index contributed by atoms with van der Waals surface area (Å²) in [7, 11) is 0. The fourth-order valence-corrected chi connectivity index (χ4v) is 3.85. The second kappa shape index (κ2) is 14.1. The SMILES string of the molecule is CCNC(=NCC(CO)c1ccccc1)NCCCC(=O)N1CCc2ccccc2C1.I. The van der Waals surface area contributed by atoms with E-state index < -0.39 is 0 Å². The van der Waals surface area contributed by atoms with E-state index in [0.717, 1.165) is 37.5 Å². The van der Waals surface area contributed by atoms with Gasteiger partial charge in [0.2, 0.25) is 5.91 Å². The lowest BCUT2D eigenvalue weighted by Gasteiger charge is -2.29. The molecule has 0 aromatic heterocycles. The van der Waals surface area contributed by atoms with Crippen molar-refractivity contribution >= 4 is 35.8 Å². The topological polar surface area (TPSA) is 77.0 Å². The molecule has 0 fully saturated rings. The standard InChI is InChI=1S/C25H34N4O2.HI/c1-2-26-25(28-17-23(19-30)20-9-4-3-5-10-20)27-15-8-13-24(31)29-16-14-21-11-6-7-12-22(21)18-29;/h3-7,9-12,23,30H,2,8,13-19H2,1H3,(H2,26,27,28);1H. The van der Waals surface area contributed by atoms with E-state index in [1.165, 1.54) is 11.1 Å². The minimum Gasteiger partial charge on any atom is -0.396 e. The Labute approximate surface area is 208 Å². The quantitative estimate of drug-likeness (QED) is 0.194. The van der Waals surface area contributed by atoms with Gasteiger partial charge in [-0.1, -0.05) is 54.6 Å². The summed E-state index contributed by atoms with van der Waals surface area (Å²) in [5.41, 5.74) is 3.70. The minimum absolute atomic E-state index is 0. The molecule has 1 unspecified atom stereocenters. The number of aliphatic hydroxyl groups excluding tert-OH is 1. The number of aliphatic hydroxyl groups is 1. The zero-order chi connectivity index (χ0) is 21.9. The van der Waals surface area contributed by atoms with E-state index >= 15 is 0 Å². The van der Waals surface area contributed by atoms with Crippen molar-refractivity contribution in [2.75, 3.05) is 32.8 Å². The Morgan fingerprint density at radius 1 is 1.09 bits per heavy atom. The highest BCUT2D eigenvalue weighted by Crippen LogP contribution is 2.19. The van der Waals surface area contributed by atoms with Crippen molar-refractivity contribution < 1.29 is 9.90 Å². The van der Waals surface area contributed by atoms with Crippen LogP contribution in [0.15, 0.2) is 59.6 Å². The van der Waals surface area contributed by atoms with Crippen molar-refractivity contribution in [3.8, 4) is 0 Å². The summed E-state index contributed by atoms with van der Waals surface area (Å²) in [6.07, 6.45) is 2.21. The Morgan fingerprint density at radius 3 is 2.53 bits per heavy atom. The molecule has 2 aromatic rings. The molecule has 0 bridgehead atoms. The highest BCUT2D eigenvalue weighted by atomic mass is 127.